The van der Waals surface area contributed by atoms with Gasteiger partial charge in [-0.3, -0.25) is 0 Å². The third-order valence-electron chi connectivity index (χ3n) is 3.81. The van der Waals surface area contributed by atoms with Crippen LogP contribution in [0.5, 0.6) is 0 Å². The molecule has 0 aromatic heterocycles. The van der Waals surface area contributed by atoms with E-state index in [0.29, 0.717) is 6.61 Å². The number of hydrogen-bond acceptors (Lipinski definition) is 5. The van der Waals surface area contributed by atoms with E-state index in [-0.39, 0.29) is 21.5 Å². The second kappa shape index (κ2) is 36.5. The Hall–Kier alpha value is -0.956. The molecule has 1 saturated heterocycles. The Morgan fingerprint density at radius 1 is 0.727 bits per heavy atom. The first-order chi connectivity index (χ1) is 19.3. The molecular weight excluding hydrogens is 699 g/mol. The van der Waals surface area contributed by atoms with Gasteiger partial charge in [-0.05, 0) is 47.1 Å². The minimum Gasteiger partial charge on any atom is -0.438 e. The Balaban J connectivity index is -0.0000000940. The predicted octanol–water partition coefficient (Wildman–Crippen LogP) is 10.4. The van der Waals surface area contributed by atoms with Crippen LogP contribution in [0.15, 0.2) is 0 Å². The van der Waals surface area contributed by atoms with Crippen molar-refractivity contribution < 1.29 is 98.4 Å². The lowest BCUT2D eigenvalue weighted by atomic mass is 10.4. The molecule has 44 heavy (non-hydrogen) atoms. The molecule has 1 rings (SSSR count). The Morgan fingerprint density at radius 3 is 1.43 bits per heavy atom. The molecule has 0 spiro atoms. The van der Waals surface area contributed by atoms with E-state index in [0.717, 1.165) is 38.0 Å². The molecule has 2 unspecified atom stereocenters. The maximum atomic E-state index is 11.9. The summed E-state index contributed by atoms with van der Waals surface area (Å²) in [5.41, 5.74) is 0. The molecule has 0 N–H and O–H groups in total. The Bertz CT molecular complexity index is 514. The lowest BCUT2D eigenvalue weighted by Crippen LogP contribution is -2.42. The van der Waals surface area contributed by atoms with Gasteiger partial charge in [0.1, 0.15) is 0 Å². The molecule has 0 aromatic carbocycles. The van der Waals surface area contributed by atoms with Gasteiger partial charge < -0.3 is 13.3 Å². The van der Waals surface area contributed by atoms with Crippen LogP contribution in [0.2, 0.25) is 25.2 Å². The van der Waals surface area contributed by atoms with Gasteiger partial charge in [-0.25, -0.2) is 17.6 Å². The van der Waals surface area contributed by atoms with E-state index >= 15 is 0 Å². The number of halogens is 17. The summed E-state index contributed by atoms with van der Waals surface area (Å²) in [6.07, 6.45) is -11.2. The van der Waals surface area contributed by atoms with Crippen LogP contribution >= 0.6 is 0 Å². The van der Waals surface area contributed by atoms with E-state index in [4.69, 9.17) is 22.4 Å². The van der Waals surface area contributed by atoms with Crippen molar-refractivity contribution in [3.63, 3.8) is 0 Å². The van der Waals surface area contributed by atoms with Crippen molar-refractivity contribution in [2.24, 2.45) is 0 Å². The molecule has 2 atom stereocenters. The third kappa shape index (κ3) is 64.1. The van der Waals surface area contributed by atoms with Gasteiger partial charge in [-0.2, -0.15) is 49.4 Å². The number of hydrogen-bond donors (Lipinski definition) is 0. The number of rotatable bonds is 8. The van der Waals surface area contributed by atoms with Crippen molar-refractivity contribution in [1.82, 2.24) is 0 Å². The number of ether oxygens (including phenoxy) is 1. The molecule has 0 bridgehead atoms. The van der Waals surface area contributed by atoms with Crippen molar-refractivity contribution in [3.05, 3.63) is 0 Å². The van der Waals surface area contributed by atoms with Crippen LogP contribution in [-0.4, -0.2) is 83.0 Å². The van der Waals surface area contributed by atoms with Crippen molar-refractivity contribution in [2.75, 3.05) is 46.9 Å². The van der Waals surface area contributed by atoms with Gasteiger partial charge in [0.05, 0.1) is 13.0 Å². The topological polar surface area (TPSA) is 46.2 Å². The lowest BCUT2D eigenvalue weighted by molar-refractivity contribution is -0.167. The highest BCUT2D eigenvalue weighted by Gasteiger charge is 2.32. The maximum Gasteiger partial charge on any atom is 0.416 e. The van der Waals surface area contributed by atoms with Crippen LogP contribution in [0.4, 0.5) is 75.3 Å². The van der Waals surface area contributed by atoms with Crippen LogP contribution in [-0.2, 0) is 23.2 Å². The molecule has 278 valence electrons. The summed E-state index contributed by atoms with van der Waals surface area (Å²) in [6.45, 7) is -1.94. The zero-order valence-electron chi connectivity index (χ0n) is 22.2. The molecule has 0 saturated carbocycles. The second-order valence-corrected chi connectivity index (χ2v) is 13.8. The fraction of sp³-hybridized carbons (Fsp3) is 1.00. The summed E-state index contributed by atoms with van der Waals surface area (Å²) in [7, 11) is -3.25. The van der Waals surface area contributed by atoms with Crippen LogP contribution in [0.1, 0.15) is 40.5 Å². The first kappa shape index (κ1) is 58.6. The van der Waals surface area contributed by atoms with Crippen LogP contribution in [0, 0.1) is 0 Å². The minimum atomic E-state index is -4.62. The van der Waals surface area contributed by atoms with E-state index in [1.54, 1.807) is 0 Å². The molecule has 0 amide bonds. The molecule has 1 heterocycles. The molecule has 0 aliphatic carbocycles. The van der Waals surface area contributed by atoms with E-state index in [2.05, 4.69) is 23.0 Å². The highest BCUT2D eigenvalue weighted by Crippen LogP contribution is 2.25. The highest BCUT2D eigenvalue weighted by atomic mass is 28.4. The summed E-state index contributed by atoms with van der Waals surface area (Å²) >= 11 is 0. The first-order valence-electron chi connectivity index (χ1n) is 11.2. The quantitative estimate of drug-likeness (QED) is 0.141. The molecule has 0 aromatic rings. The Kier molecular flexibility index (Phi) is 48.6. The van der Waals surface area contributed by atoms with Gasteiger partial charge in [0.15, 0.2) is 21.7 Å². The minimum absolute atomic E-state index is 0. The van der Waals surface area contributed by atoms with Gasteiger partial charge in [0.25, 0.3) is 0 Å². The van der Waals surface area contributed by atoms with Gasteiger partial charge in [-0.15, -0.1) is 0 Å². The largest absolute Gasteiger partial charge is 0.438 e. The van der Waals surface area contributed by atoms with Gasteiger partial charge in [0.2, 0.25) is 13.7 Å². The van der Waals surface area contributed by atoms with E-state index in [1.807, 2.05) is 0 Å². The van der Waals surface area contributed by atoms with Gasteiger partial charge >= 0.3 is 27.8 Å². The number of alkyl halides is 13. The van der Waals surface area contributed by atoms with Crippen molar-refractivity contribution in [1.29, 1.82) is 0 Å². The smallest absolute Gasteiger partial charge is 0.416 e. The van der Waals surface area contributed by atoms with Crippen molar-refractivity contribution in [3.8, 4) is 0 Å². The molecule has 5 nitrogen and oxygen atoms in total. The summed E-state index contributed by atoms with van der Waals surface area (Å²) in [4.78, 5) is 4.75. The molecule has 24 heteroatoms. The second-order valence-electron chi connectivity index (χ2n) is 7.48. The van der Waals surface area contributed by atoms with E-state index in [9.17, 15) is 66.1 Å². The predicted molar refractivity (Wildman–Crippen MR) is 133 cm³/mol. The van der Waals surface area contributed by atoms with Gasteiger partial charge in [-0.1, -0.05) is 21.3 Å². The van der Waals surface area contributed by atoms with E-state index < -0.39 is 69.6 Å². The van der Waals surface area contributed by atoms with E-state index in [1.165, 1.54) is 0 Å². The standard InChI is InChI=1S/C12H25F3O3Si2.2C2H2F4.2CH2F2O.2CH4.F2/c1-19-17-8-3-4-10-20(2,18-19)11-5-7-16-9-6-12(13,14)15;2*3-1-2(4,5)6;2*2-1-4-3;;;1-2/h19H,3-11H2,1-2H3;2*1H2;2*1H2;2*1H4;. The Labute approximate surface area is 247 Å². The fourth-order valence-corrected chi connectivity index (χ4v) is 9.43. The average Bonchev–Trinajstić information content (AvgIpc) is 2.90. The van der Waals surface area contributed by atoms with Crippen LogP contribution in [0.3, 0.4) is 0 Å². The zero-order valence-corrected chi connectivity index (χ0v) is 24.4. The zero-order chi connectivity index (χ0) is 34.3. The maximum absolute atomic E-state index is 11.9. The summed E-state index contributed by atoms with van der Waals surface area (Å²) in [5.74, 6) is 0. The molecule has 1 aliphatic heterocycles. The monoisotopic (exact) mass is 740 g/mol. The van der Waals surface area contributed by atoms with Crippen LogP contribution in [0.25, 0.3) is 0 Å². The summed E-state index contributed by atoms with van der Waals surface area (Å²) < 4.78 is 192. The summed E-state index contributed by atoms with van der Waals surface area (Å²) in [6, 6.07) is 2.07. The normalized spacial score (nSPS) is 17.9. The molecule has 0 radical (unpaired) electrons. The van der Waals surface area contributed by atoms with Crippen LogP contribution < -0.4 is 0 Å². The highest BCUT2D eigenvalue weighted by molar-refractivity contribution is 6.78. The first-order valence-corrected chi connectivity index (χ1v) is 16.1. The molecule has 1 fully saturated rings. The Morgan fingerprint density at radius 2 is 1.11 bits per heavy atom. The van der Waals surface area contributed by atoms with Crippen molar-refractivity contribution >= 4 is 17.6 Å². The SMILES string of the molecule is C.C.C[SiH]1OCCCC[Si](C)(CCCOCCC(F)(F)F)O1.FCC(F)(F)F.FCC(F)(F)F.FCOF.FCOF.FF. The van der Waals surface area contributed by atoms with Gasteiger partial charge in [0, 0.05) is 22.4 Å². The van der Waals surface area contributed by atoms with Crippen molar-refractivity contribution in [2.45, 2.75) is 84.2 Å². The average molecular weight is 741 g/mol. The summed E-state index contributed by atoms with van der Waals surface area (Å²) in [5, 5.41) is 0. The molecule has 1 aliphatic rings. The lowest BCUT2D eigenvalue weighted by Gasteiger charge is -2.33. The third-order valence-corrected chi connectivity index (χ3v) is 10.9. The molecular formula is C20H41F17O5Si2. The fourth-order valence-electron chi connectivity index (χ4n) is 2.37.